The Labute approximate surface area is 94.4 Å². The smallest absolute Gasteiger partial charge is 0.333 e. The van der Waals surface area contributed by atoms with Crippen LogP contribution in [0.4, 0.5) is 0 Å². The van der Waals surface area contributed by atoms with E-state index in [1.165, 1.54) is 6.92 Å². The van der Waals surface area contributed by atoms with E-state index in [-0.39, 0.29) is 6.42 Å². The number of aliphatic hydroxyl groups excluding tert-OH is 1. The quantitative estimate of drug-likeness (QED) is 0.416. The third-order valence-corrected chi connectivity index (χ3v) is 1.93. The first-order valence-electron chi connectivity index (χ1n) is 4.78. The molecule has 0 amide bonds. The van der Waals surface area contributed by atoms with Gasteiger partial charge >= 0.3 is 11.9 Å². The van der Waals surface area contributed by atoms with Crippen molar-refractivity contribution in [3.63, 3.8) is 0 Å². The van der Waals surface area contributed by atoms with Crippen LogP contribution in [0, 0.1) is 0 Å². The Morgan fingerprint density at radius 2 is 1.69 bits per heavy atom. The predicted octanol–water partition coefficient (Wildman–Crippen LogP) is 0.932. The molecule has 0 rings (SSSR count). The van der Waals surface area contributed by atoms with Gasteiger partial charge in [-0.25, -0.2) is 9.59 Å². The fraction of sp³-hybridized carbons (Fsp3) is 0.455. The minimum Gasteiger partial charge on any atom is -0.417 e. The van der Waals surface area contributed by atoms with Gasteiger partial charge in [-0.3, -0.25) is 0 Å². The number of carbonyl (C=O) groups excluding carboxylic acids is 2. The summed E-state index contributed by atoms with van der Waals surface area (Å²) >= 11 is 0. The summed E-state index contributed by atoms with van der Waals surface area (Å²) in [6, 6.07) is 0. The van der Waals surface area contributed by atoms with E-state index in [1.54, 1.807) is 6.92 Å². The molecular weight excluding hydrogens is 212 g/mol. The molecule has 0 saturated carbocycles. The van der Waals surface area contributed by atoms with Crippen molar-refractivity contribution < 1.29 is 24.2 Å². The summed E-state index contributed by atoms with van der Waals surface area (Å²) in [5.41, 5.74) is 0. The Balaban J connectivity index is 4.86. The number of hydrogen-bond acceptors (Lipinski definition) is 5. The molecule has 0 aromatic heterocycles. The standard InChI is InChI=1S/C11H16O5/c1-5-8(12)11(4,15-9(13)6-2)16-10(14)7-3/h6-8,12H,2-3,5H2,1,4H3. The van der Waals surface area contributed by atoms with E-state index in [9.17, 15) is 14.7 Å². The molecule has 0 aromatic rings. The van der Waals surface area contributed by atoms with Crippen molar-refractivity contribution >= 4 is 11.9 Å². The van der Waals surface area contributed by atoms with E-state index in [4.69, 9.17) is 9.47 Å². The molecule has 0 saturated heterocycles. The Morgan fingerprint density at radius 3 is 1.94 bits per heavy atom. The normalized spacial score (nSPS) is 12.4. The molecule has 5 nitrogen and oxygen atoms in total. The Bertz CT molecular complexity index is 273. The number of aliphatic hydroxyl groups is 1. The number of ether oxygens (including phenoxy) is 2. The van der Waals surface area contributed by atoms with Crippen LogP contribution in [0.1, 0.15) is 20.3 Å². The molecule has 1 N–H and O–H groups in total. The molecule has 0 fully saturated rings. The second-order valence-corrected chi connectivity index (χ2v) is 3.19. The van der Waals surface area contributed by atoms with Gasteiger partial charge in [-0.15, -0.1) is 0 Å². The van der Waals surface area contributed by atoms with Gasteiger partial charge in [0, 0.05) is 19.1 Å². The van der Waals surface area contributed by atoms with Crippen molar-refractivity contribution in [1.82, 2.24) is 0 Å². The van der Waals surface area contributed by atoms with Gasteiger partial charge in [-0.2, -0.15) is 0 Å². The number of hydrogen-bond donors (Lipinski definition) is 1. The summed E-state index contributed by atoms with van der Waals surface area (Å²) < 4.78 is 9.63. The van der Waals surface area contributed by atoms with Crippen LogP contribution in [0.25, 0.3) is 0 Å². The first-order chi connectivity index (χ1) is 7.39. The van der Waals surface area contributed by atoms with Gasteiger partial charge in [-0.1, -0.05) is 20.1 Å². The minimum absolute atomic E-state index is 0.255. The molecule has 0 spiro atoms. The van der Waals surface area contributed by atoms with Gasteiger partial charge in [0.05, 0.1) is 0 Å². The summed E-state index contributed by atoms with van der Waals surface area (Å²) in [5.74, 6) is -3.30. The Morgan fingerprint density at radius 1 is 1.31 bits per heavy atom. The van der Waals surface area contributed by atoms with E-state index >= 15 is 0 Å². The zero-order chi connectivity index (χ0) is 12.8. The highest BCUT2D eigenvalue weighted by Gasteiger charge is 2.39. The molecule has 1 atom stereocenters. The van der Waals surface area contributed by atoms with Crippen molar-refractivity contribution in [2.75, 3.05) is 0 Å². The van der Waals surface area contributed by atoms with Crippen molar-refractivity contribution in [2.24, 2.45) is 0 Å². The summed E-state index contributed by atoms with van der Waals surface area (Å²) in [6.45, 7) is 9.38. The first kappa shape index (κ1) is 14.4. The molecule has 0 aliphatic rings. The zero-order valence-electron chi connectivity index (χ0n) is 9.43. The predicted molar refractivity (Wildman–Crippen MR) is 57.3 cm³/mol. The summed E-state index contributed by atoms with van der Waals surface area (Å²) in [6.07, 6.45) is 0.969. The van der Waals surface area contributed by atoms with Crippen molar-refractivity contribution in [3.05, 3.63) is 25.3 Å². The minimum atomic E-state index is -1.73. The average Bonchev–Trinajstić information content (AvgIpc) is 2.27. The van der Waals surface area contributed by atoms with Crippen molar-refractivity contribution in [3.8, 4) is 0 Å². The highest BCUT2D eigenvalue weighted by atomic mass is 16.7. The lowest BCUT2D eigenvalue weighted by Crippen LogP contribution is -2.46. The van der Waals surface area contributed by atoms with Gasteiger partial charge in [0.1, 0.15) is 6.10 Å². The number of carbonyl (C=O) groups is 2. The highest BCUT2D eigenvalue weighted by Crippen LogP contribution is 2.21. The molecular formula is C11H16O5. The van der Waals surface area contributed by atoms with Crippen LogP contribution in [0.3, 0.4) is 0 Å². The molecule has 1 unspecified atom stereocenters. The van der Waals surface area contributed by atoms with Crippen LogP contribution >= 0.6 is 0 Å². The van der Waals surface area contributed by atoms with Crippen LogP contribution in [0.2, 0.25) is 0 Å². The third kappa shape index (κ3) is 3.86. The lowest BCUT2D eigenvalue weighted by Gasteiger charge is -2.31. The number of rotatable bonds is 6. The molecule has 0 aliphatic heterocycles. The van der Waals surface area contributed by atoms with Crippen LogP contribution in [-0.4, -0.2) is 28.9 Å². The van der Waals surface area contributed by atoms with E-state index < -0.39 is 23.8 Å². The molecule has 0 bridgehead atoms. The van der Waals surface area contributed by atoms with E-state index in [1.807, 2.05) is 0 Å². The van der Waals surface area contributed by atoms with Gasteiger partial charge in [-0.05, 0) is 6.42 Å². The van der Waals surface area contributed by atoms with Crippen LogP contribution < -0.4 is 0 Å². The van der Waals surface area contributed by atoms with Crippen LogP contribution in [0.15, 0.2) is 25.3 Å². The van der Waals surface area contributed by atoms with Crippen LogP contribution in [0.5, 0.6) is 0 Å². The van der Waals surface area contributed by atoms with E-state index in [2.05, 4.69) is 13.2 Å². The molecule has 90 valence electrons. The molecule has 0 radical (unpaired) electrons. The lowest BCUT2D eigenvalue weighted by molar-refractivity contribution is -0.248. The second kappa shape index (κ2) is 6.07. The third-order valence-electron chi connectivity index (χ3n) is 1.93. The zero-order valence-corrected chi connectivity index (χ0v) is 9.43. The monoisotopic (exact) mass is 228 g/mol. The van der Waals surface area contributed by atoms with Gasteiger partial charge in [0.15, 0.2) is 0 Å². The van der Waals surface area contributed by atoms with Gasteiger partial charge in [0.25, 0.3) is 5.79 Å². The van der Waals surface area contributed by atoms with Crippen molar-refractivity contribution in [1.29, 1.82) is 0 Å². The summed E-state index contributed by atoms with van der Waals surface area (Å²) in [4.78, 5) is 22.1. The maximum Gasteiger partial charge on any atom is 0.333 e. The molecule has 0 aromatic carbocycles. The largest absolute Gasteiger partial charge is 0.417 e. The number of esters is 2. The Kier molecular flexibility index (Phi) is 5.46. The molecule has 0 aliphatic carbocycles. The average molecular weight is 228 g/mol. The molecule has 5 heteroatoms. The molecule has 16 heavy (non-hydrogen) atoms. The topological polar surface area (TPSA) is 72.8 Å². The lowest BCUT2D eigenvalue weighted by atomic mass is 10.1. The van der Waals surface area contributed by atoms with E-state index in [0.717, 1.165) is 12.2 Å². The summed E-state index contributed by atoms with van der Waals surface area (Å²) in [7, 11) is 0. The fourth-order valence-corrected chi connectivity index (χ4v) is 1.01. The SMILES string of the molecule is C=CC(=O)OC(C)(OC(=O)C=C)C(O)CC. The second-order valence-electron chi connectivity index (χ2n) is 3.19. The van der Waals surface area contributed by atoms with Crippen LogP contribution in [-0.2, 0) is 19.1 Å². The van der Waals surface area contributed by atoms with Gasteiger partial charge in [0.2, 0.25) is 0 Å². The van der Waals surface area contributed by atoms with E-state index in [0.29, 0.717) is 0 Å². The fourth-order valence-electron chi connectivity index (χ4n) is 1.01. The summed E-state index contributed by atoms with van der Waals surface area (Å²) in [5, 5.41) is 9.64. The Hall–Kier alpha value is -1.62. The highest BCUT2D eigenvalue weighted by molar-refractivity contribution is 5.83. The van der Waals surface area contributed by atoms with Crippen molar-refractivity contribution in [2.45, 2.75) is 32.2 Å². The maximum atomic E-state index is 11.0. The maximum absolute atomic E-state index is 11.0. The van der Waals surface area contributed by atoms with Gasteiger partial charge < -0.3 is 14.6 Å². The first-order valence-corrected chi connectivity index (χ1v) is 4.78. The molecule has 0 heterocycles.